The van der Waals surface area contributed by atoms with Crippen molar-refractivity contribution < 1.29 is 33.0 Å². The van der Waals surface area contributed by atoms with Crippen LogP contribution in [0.15, 0.2) is 48.5 Å². The maximum absolute atomic E-state index is 14.1. The first-order valence-corrected chi connectivity index (χ1v) is 10.6. The van der Waals surface area contributed by atoms with Gasteiger partial charge in [0.2, 0.25) is 5.91 Å². The molecule has 4 rings (SSSR count). The minimum atomic E-state index is -3.34. The van der Waals surface area contributed by atoms with E-state index in [0.29, 0.717) is 0 Å². The first kappa shape index (κ1) is 22.7. The fourth-order valence-corrected chi connectivity index (χ4v) is 4.28. The Morgan fingerprint density at radius 3 is 2.12 bits per heavy atom. The van der Waals surface area contributed by atoms with Crippen LogP contribution in [0, 0.1) is 11.8 Å². The second kappa shape index (κ2) is 8.13. The van der Waals surface area contributed by atoms with E-state index in [4.69, 9.17) is 9.84 Å². The van der Waals surface area contributed by atoms with Crippen LogP contribution in [0.3, 0.4) is 0 Å². The van der Waals surface area contributed by atoms with Crippen molar-refractivity contribution in [3.05, 3.63) is 59.7 Å². The van der Waals surface area contributed by atoms with Gasteiger partial charge in [-0.25, -0.2) is 18.4 Å². The van der Waals surface area contributed by atoms with E-state index < -0.39 is 47.8 Å². The second-order valence-electron chi connectivity index (χ2n) is 8.88. The molecule has 0 aromatic heterocycles. The number of ether oxygens (including phenoxy) is 1. The molecular formula is C24H24F2N2O5. The van der Waals surface area contributed by atoms with Crippen LogP contribution in [0.25, 0.3) is 11.1 Å². The van der Waals surface area contributed by atoms with Crippen LogP contribution in [0.2, 0.25) is 0 Å². The molecule has 0 unspecified atom stereocenters. The van der Waals surface area contributed by atoms with Crippen molar-refractivity contribution in [2.45, 2.75) is 31.2 Å². The highest BCUT2D eigenvalue weighted by Gasteiger charge is 2.72. The highest BCUT2D eigenvalue weighted by Crippen LogP contribution is 2.55. The number of carboxylic acids is 1. The minimum absolute atomic E-state index is 0.0393. The molecule has 2 aliphatic rings. The van der Waals surface area contributed by atoms with E-state index in [0.717, 1.165) is 22.3 Å². The van der Waals surface area contributed by atoms with Crippen LogP contribution in [0.1, 0.15) is 30.9 Å². The number of fused-ring (bicyclic) bond motifs is 3. The molecule has 0 bridgehead atoms. The van der Waals surface area contributed by atoms with Gasteiger partial charge in [0, 0.05) is 12.5 Å². The van der Waals surface area contributed by atoms with Gasteiger partial charge in [0.15, 0.2) is 0 Å². The molecule has 7 nitrogen and oxygen atoms in total. The molecule has 1 saturated carbocycles. The summed E-state index contributed by atoms with van der Waals surface area (Å²) in [4.78, 5) is 35.5. The molecule has 0 aliphatic heterocycles. The summed E-state index contributed by atoms with van der Waals surface area (Å²) in [5.74, 6) is -9.04. The summed E-state index contributed by atoms with van der Waals surface area (Å²) < 4.78 is 33.5. The van der Waals surface area contributed by atoms with Crippen molar-refractivity contribution in [2.75, 3.05) is 13.2 Å². The predicted molar refractivity (Wildman–Crippen MR) is 115 cm³/mol. The van der Waals surface area contributed by atoms with Crippen LogP contribution in [-0.4, -0.2) is 47.7 Å². The molecular weight excluding hydrogens is 434 g/mol. The Bertz CT molecular complexity index is 1070. The molecule has 174 valence electrons. The summed E-state index contributed by atoms with van der Waals surface area (Å²) in [5.41, 5.74) is 2.51. The number of carbonyl (C=O) groups excluding carboxylic acids is 2. The first-order valence-electron chi connectivity index (χ1n) is 10.6. The summed E-state index contributed by atoms with van der Waals surface area (Å²) in [6.07, 6.45) is -0.857. The van der Waals surface area contributed by atoms with E-state index in [1.807, 2.05) is 48.5 Å². The average molecular weight is 458 g/mol. The number of rotatable bonds is 7. The molecule has 0 spiro atoms. The predicted octanol–water partition coefficient (Wildman–Crippen LogP) is 3.39. The number of halogens is 2. The van der Waals surface area contributed by atoms with Gasteiger partial charge in [-0.15, -0.1) is 0 Å². The molecule has 2 aliphatic carbocycles. The summed E-state index contributed by atoms with van der Waals surface area (Å²) in [5, 5.41) is 13.5. The lowest BCUT2D eigenvalue weighted by Gasteiger charge is -2.20. The van der Waals surface area contributed by atoms with Crippen LogP contribution >= 0.6 is 0 Å². The Balaban J connectivity index is 1.33. The minimum Gasteiger partial charge on any atom is -0.480 e. The van der Waals surface area contributed by atoms with Crippen molar-refractivity contribution >= 4 is 18.0 Å². The fraction of sp³-hybridized carbons (Fsp3) is 0.375. The van der Waals surface area contributed by atoms with Crippen molar-refractivity contribution in [1.29, 1.82) is 0 Å². The molecule has 2 aromatic rings. The largest absolute Gasteiger partial charge is 0.480 e. The van der Waals surface area contributed by atoms with Crippen LogP contribution < -0.4 is 10.6 Å². The third-order valence-electron chi connectivity index (χ3n) is 6.27. The number of carbonyl (C=O) groups is 3. The third-order valence-corrected chi connectivity index (χ3v) is 6.27. The monoisotopic (exact) mass is 458 g/mol. The maximum Gasteiger partial charge on any atom is 0.407 e. The highest BCUT2D eigenvalue weighted by atomic mass is 19.3. The second-order valence-corrected chi connectivity index (χ2v) is 8.88. The molecule has 2 atom stereocenters. The highest BCUT2D eigenvalue weighted by molar-refractivity contribution is 5.90. The first-order chi connectivity index (χ1) is 15.5. The standard InChI is InChI=1S/C24H24F2N2O5/c1-23(2,21(30)31)28-20(29)19-18(24(19,25)26)11-27-22(32)33-12-17-15-9-5-3-7-13(15)14-8-4-6-10-16(14)17/h3-10,17-19H,11-12H2,1-2H3,(H,27,32)(H,28,29)(H,30,31)/t18-,19-/m0/s1. The van der Waals surface area contributed by atoms with Gasteiger partial charge in [-0.2, -0.15) is 0 Å². The number of alkyl carbamates (subject to hydrolysis) is 1. The quantitative estimate of drug-likeness (QED) is 0.590. The van der Waals surface area contributed by atoms with E-state index in [2.05, 4.69) is 10.6 Å². The van der Waals surface area contributed by atoms with E-state index in [1.165, 1.54) is 13.8 Å². The number of hydrogen-bond acceptors (Lipinski definition) is 4. The van der Waals surface area contributed by atoms with E-state index >= 15 is 0 Å². The smallest absolute Gasteiger partial charge is 0.407 e. The maximum atomic E-state index is 14.1. The van der Waals surface area contributed by atoms with Crippen molar-refractivity contribution in [3.63, 3.8) is 0 Å². The van der Waals surface area contributed by atoms with Gasteiger partial charge in [0.25, 0.3) is 5.92 Å². The van der Waals surface area contributed by atoms with E-state index in [9.17, 15) is 23.2 Å². The van der Waals surface area contributed by atoms with Crippen molar-refractivity contribution in [3.8, 4) is 11.1 Å². The lowest BCUT2D eigenvalue weighted by Crippen LogP contribution is -2.50. The Morgan fingerprint density at radius 1 is 1.03 bits per heavy atom. The molecule has 0 saturated heterocycles. The van der Waals surface area contributed by atoms with Gasteiger partial charge >= 0.3 is 12.1 Å². The molecule has 9 heteroatoms. The van der Waals surface area contributed by atoms with Gasteiger partial charge in [-0.1, -0.05) is 48.5 Å². The molecule has 0 radical (unpaired) electrons. The Kier molecular flexibility index (Phi) is 5.59. The Hall–Kier alpha value is -3.49. The van der Waals surface area contributed by atoms with Crippen LogP contribution in [-0.2, 0) is 14.3 Å². The zero-order chi connectivity index (χ0) is 24.0. The van der Waals surface area contributed by atoms with E-state index in [1.54, 1.807) is 0 Å². The lowest BCUT2D eigenvalue weighted by atomic mass is 9.98. The van der Waals surface area contributed by atoms with Gasteiger partial charge in [-0.05, 0) is 36.1 Å². The Labute approximate surface area is 189 Å². The van der Waals surface area contributed by atoms with Gasteiger partial charge in [-0.3, -0.25) is 4.79 Å². The summed E-state index contributed by atoms with van der Waals surface area (Å²) in [6, 6.07) is 15.6. The number of nitrogens with one attached hydrogen (secondary N) is 2. The summed E-state index contributed by atoms with van der Waals surface area (Å²) in [7, 11) is 0. The normalized spacial score (nSPS) is 20.4. The number of benzene rings is 2. The molecule has 1 fully saturated rings. The summed E-state index contributed by atoms with van der Waals surface area (Å²) >= 11 is 0. The SMILES string of the molecule is CC(C)(NC(=O)[C@@H]1[C@H](CNC(=O)OCC2c3ccccc3-c3ccccc32)C1(F)F)C(=O)O. The molecule has 0 heterocycles. The van der Waals surface area contributed by atoms with Crippen molar-refractivity contribution in [1.82, 2.24) is 10.6 Å². The third kappa shape index (κ3) is 4.15. The number of alkyl halides is 2. The molecule has 33 heavy (non-hydrogen) atoms. The van der Waals surface area contributed by atoms with Gasteiger partial charge in [0.05, 0.1) is 5.92 Å². The molecule has 2 aromatic carbocycles. The molecule has 3 N–H and O–H groups in total. The van der Waals surface area contributed by atoms with Crippen molar-refractivity contribution in [2.24, 2.45) is 11.8 Å². The number of amides is 2. The Morgan fingerprint density at radius 2 is 1.58 bits per heavy atom. The number of carboxylic acid groups (broad SMARTS) is 1. The van der Waals surface area contributed by atoms with Crippen LogP contribution in [0.5, 0.6) is 0 Å². The fourth-order valence-electron chi connectivity index (χ4n) is 4.28. The van der Waals surface area contributed by atoms with Gasteiger partial charge in [0.1, 0.15) is 18.1 Å². The van der Waals surface area contributed by atoms with Crippen LogP contribution in [0.4, 0.5) is 13.6 Å². The lowest BCUT2D eigenvalue weighted by molar-refractivity contribution is -0.146. The average Bonchev–Trinajstić information content (AvgIpc) is 3.17. The topological polar surface area (TPSA) is 105 Å². The zero-order valence-electron chi connectivity index (χ0n) is 18.1. The molecule has 2 amide bonds. The number of hydrogen-bond donors (Lipinski definition) is 3. The number of aliphatic carboxylic acids is 1. The zero-order valence-corrected chi connectivity index (χ0v) is 18.1. The van der Waals surface area contributed by atoms with Gasteiger partial charge < -0.3 is 20.5 Å². The van der Waals surface area contributed by atoms with E-state index in [-0.39, 0.29) is 12.5 Å². The summed E-state index contributed by atoms with van der Waals surface area (Å²) in [6.45, 7) is 1.99.